The minimum Gasteiger partial charge on any atom is -0.370 e. The molecule has 0 unspecified atom stereocenters. The first kappa shape index (κ1) is 18.7. The first-order valence-electron chi connectivity index (χ1n) is 7.71. The van der Waals surface area contributed by atoms with Gasteiger partial charge in [0.2, 0.25) is 0 Å². The molecule has 0 fully saturated rings. The fourth-order valence-electron chi connectivity index (χ4n) is 2.56. The molecule has 4 N–H and O–H groups in total. The molecule has 6 nitrogen and oxygen atoms in total. The standard InChI is InChI=1S/C18H21N3O3S/c1-4-12-9-14(13-7-5-11(2)6-8-13)16(25(3,23)24)10-15(12)17(22)21-18(19)20/h5-10H,4H2,1-3H3,(H4,19,20,21,22). The lowest BCUT2D eigenvalue weighted by Gasteiger charge is -2.14. The largest absolute Gasteiger partial charge is 0.370 e. The van der Waals surface area contributed by atoms with E-state index >= 15 is 0 Å². The van der Waals surface area contributed by atoms with Crippen molar-refractivity contribution in [3.63, 3.8) is 0 Å². The number of nitrogens with two attached hydrogens (primary N) is 2. The van der Waals surface area contributed by atoms with Gasteiger partial charge in [-0.3, -0.25) is 4.79 Å². The van der Waals surface area contributed by atoms with E-state index in [0.29, 0.717) is 17.5 Å². The first-order chi connectivity index (χ1) is 11.6. The van der Waals surface area contributed by atoms with Crippen LogP contribution in [0.5, 0.6) is 0 Å². The van der Waals surface area contributed by atoms with Crippen LogP contribution in [-0.2, 0) is 16.3 Å². The van der Waals surface area contributed by atoms with Crippen LogP contribution in [-0.4, -0.2) is 26.5 Å². The van der Waals surface area contributed by atoms with Gasteiger partial charge in [0.1, 0.15) is 0 Å². The summed E-state index contributed by atoms with van der Waals surface area (Å²) in [6.45, 7) is 3.83. The number of hydrogen-bond acceptors (Lipinski definition) is 3. The van der Waals surface area contributed by atoms with Gasteiger partial charge in [0.15, 0.2) is 15.8 Å². The van der Waals surface area contributed by atoms with Gasteiger partial charge in [-0.2, -0.15) is 4.99 Å². The van der Waals surface area contributed by atoms with E-state index in [-0.39, 0.29) is 16.4 Å². The molecule has 132 valence electrons. The van der Waals surface area contributed by atoms with Gasteiger partial charge in [-0.25, -0.2) is 8.42 Å². The van der Waals surface area contributed by atoms with Crippen molar-refractivity contribution in [2.24, 2.45) is 16.5 Å². The van der Waals surface area contributed by atoms with Gasteiger partial charge in [0.05, 0.1) is 4.90 Å². The Morgan fingerprint density at radius 1 is 1.12 bits per heavy atom. The number of hydrogen-bond donors (Lipinski definition) is 2. The zero-order valence-electron chi connectivity index (χ0n) is 14.4. The second-order valence-corrected chi connectivity index (χ2v) is 7.82. The Morgan fingerprint density at radius 2 is 1.72 bits per heavy atom. The number of aliphatic imine (C=N–C) groups is 1. The van der Waals surface area contributed by atoms with Crippen molar-refractivity contribution < 1.29 is 13.2 Å². The maximum absolute atomic E-state index is 12.3. The minimum atomic E-state index is -3.56. The smallest absolute Gasteiger partial charge is 0.280 e. The van der Waals surface area contributed by atoms with E-state index in [1.165, 1.54) is 6.07 Å². The number of sulfone groups is 1. The maximum Gasteiger partial charge on any atom is 0.280 e. The minimum absolute atomic E-state index is 0.0719. The van der Waals surface area contributed by atoms with Crippen molar-refractivity contribution in [3.05, 3.63) is 53.1 Å². The number of guanidine groups is 1. The zero-order valence-corrected chi connectivity index (χ0v) is 15.2. The monoisotopic (exact) mass is 359 g/mol. The third kappa shape index (κ3) is 4.24. The van der Waals surface area contributed by atoms with Crippen molar-refractivity contribution in [1.82, 2.24) is 0 Å². The number of aryl methyl sites for hydroxylation is 2. The van der Waals surface area contributed by atoms with Crippen LogP contribution in [0.4, 0.5) is 0 Å². The zero-order chi connectivity index (χ0) is 18.8. The molecule has 0 aliphatic carbocycles. The molecule has 0 aliphatic heterocycles. The predicted molar refractivity (Wildman–Crippen MR) is 99.2 cm³/mol. The molecule has 25 heavy (non-hydrogen) atoms. The molecular formula is C18H21N3O3S. The van der Waals surface area contributed by atoms with Gasteiger partial charge >= 0.3 is 0 Å². The third-order valence-electron chi connectivity index (χ3n) is 3.81. The van der Waals surface area contributed by atoms with Gasteiger partial charge < -0.3 is 11.5 Å². The molecule has 0 aliphatic rings. The van der Waals surface area contributed by atoms with Crippen molar-refractivity contribution in [1.29, 1.82) is 0 Å². The molecule has 2 aromatic carbocycles. The van der Waals surface area contributed by atoms with Crippen molar-refractivity contribution in [2.75, 3.05) is 6.26 Å². The molecule has 7 heteroatoms. The average Bonchev–Trinajstić information content (AvgIpc) is 2.52. The van der Waals surface area contributed by atoms with Gasteiger partial charge in [-0.15, -0.1) is 0 Å². The highest BCUT2D eigenvalue weighted by Gasteiger charge is 2.21. The van der Waals surface area contributed by atoms with E-state index < -0.39 is 15.7 Å². The molecule has 0 saturated heterocycles. The Balaban J connectivity index is 2.79. The number of benzene rings is 2. The summed E-state index contributed by atoms with van der Waals surface area (Å²) in [5.74, 6) is -1.02. The molecule has 1 amide bonds. The molecule has 0 radical (unpaired) electrons. The summed E-state index contributed by atoms with van der Waals surface area (Å²) in [5, 5.41) is 0. The van der Waals surface area contributed by atoms with Crippen LogP contribution in [0.2, 0.25) is 0 Å². The number of nitrogens with zero attached hydrogens (tertiary/aromatic N) is 1. The first-order valence-corrected chi connectivity index (χ1v) is 9.60. The molecule has 0 bridgehead atoms. The Hall–Kier alpha value is -2.67. The van der Waals surface area contributed by atoms with Crippen molar-refractivity contribution >= 4 is 21.7 Å². The summed E-state index contributed by atoms with van der Waals surface area (Å²) < 4.78 is 24.6. The predicted octanol–water partition coefficient (Wildman–Crippen LogP) is 2.04. The van der Waals surface area contributed by atoms with E-state index in [4.69, 9.17) is 11.5 Å². The van der Waals surface area contributed by atoms with Crippen molar-refractivity contribution in [3.8, 4) is 11.1 Å². The summed E-state index contributed by atoms with van der Waals surface area (Å²) in [6, 6.07) is 10.6. The summed E-state index contributed by atoms with van der Waals surface area (Å²) in [7, 11) is -3.56. The van der Waals surface area contributed by atoms with Gasteiger partial charge in [-0.1, -0.05) is 36.8 Å². The normalized spacial score (nSPS) is 11.2. The number of rotatable bonds is 4. The summed E-state index contributed by atoms with van der Waals surface area (Å²) >= 11 is 0. The molecular weight excluding hydrogens is 338 g/mol. The number of carbonyl (C=O) groups is 1. The molecule has 0 atom stereocenters. The Morgan fingerprint density at radius 3 is 2.20 bits per heavy atom. The topological polar surface area (TPSA) is 116 Å². The Labute approximate surface area is 147 Å². The lowest BCUT2D eigenvalue weighted by molar-refractivity contribution is 0.100. The lowest BCUT2D eigenvalue weighted by atomic mass is 9.96. The highest BCUT2D eigenvalue weighted by molar-refractivity contribution is 7.90. The molecule has 0 spiro atoms. The van der Waals surface area contributed by atoms with Crippen LogP contribution in [0, 0.1) is 6.92 Å². The van der Waals surface area contributed by atoms with Gasteiger partial charge in [-0.05, 0) is 36.6 Å². The highest BCUT2D eigenvalue weighted by Crippen LogP contribution is 2.31. The van der Waals surface area contributed by atoms with Crippen molar-refractivity contribution in [2.45, 2.75) is 25.2 Å². The Bertz CT molecular complexity index is 942. The second-order valence-electron chi connectivity index (χ2n) is 5.84. The summed E-state index contributed by atoms with van der Waals surface area (Å²) in [5.41, 5.74) is 13.8. The number of amides is 1. The molecule has 0 heterocycles. The van der Waals surface area contributed by atoms with Gasteiger partial charge in [0.25, 0.3) is 5.91 Å². The van der Waals surface area contributed by atoms with E-state index in [9.17, 15) is 13.2 Å². The fourth-order valence-corrected chi connectivity index (χ4v) is 3.47. The third-order valence-corrected chi connectivity index (χ3v) is 4.95. The fraction of sp³-hybridized carbons (Fsp3) is 0.222. The van der Waals surface area contributed by atoms with Crippen LogP contribution in [0.3, 0.4) is 0 Å². The van der Waals surface area contributed by atoms with E-state index in [1.54, 1.807) is 6.07 Å². The van der Waals surface area contributed by atoms with E-state index in [0.717, 1.165) is 17.4 Å². The van der Waals surface area contributed by atoms with Crippen LogP contribution in [0.25, 0.3) is 11.1 Å². The SMILES string of the molecule is CCc1cc(-c2ccc(C)cc2)c(S(C)(=O)=O)cc1C(=O)N=C(N)N. The van der Waals surface area contributed by atoms with Crippen LogP contribution < -0.4 is 11.5 Å². The number of carbonyl (C=O) groups excluding carboxylic acids is 1. The summed E-state index contributed by atoms with van der Waals surface area (Å²) in [6.07, 6.45) is 1.64. The average molecular weight is 359 g/mol. The maximum atomic E-state index is 12.3. The quantitative estimate of drug-likeness (QED) is 0.640. The second kappa shape index (κ2) is 7.06. The summed E-state index contributed by atoms with van der Waals surface area (Å²) in [4.78, 5) is 15.9. The van der Waals surface area contributed by atoms with Crippen LogP contribution in [0.15, 0.2) is 46.3 Å². The lowest BCUT2D eigenvalue weighted by Crippen LogP contribution is -2.24. The van der Waals surface area contributed by atoms with Crippen LogP contribution in [0.1, 0.15) is 28.4 Å². The molecule has 2 aromatic rings. The molecule has 2 rings (SSSR count). The Kier molecular flexibility index (Phi) is 5.27. The molecule has 0 saturated carbocycles. The molecule has 0 aromatic heterocycles. The van der Waals surface area contributed by atoms with Gasteiger partial charge in [0, 0.05) is 17.4 Å². The van der Waals surface area contributed by atoms with E-state index in [2.05, 4.69) is 4.99 Å². The van der Waals surface area contributed by atoms with E-state index in [1.807, 2.05) is 38.1 Å². The van der Waals surface area contributed by atoms with Crippen LogP contribution >= 0.6 is 0 Å². The highest BCUT2D eigenvalue weighted by atomic mass is 32.2.